The first-order chi connectivity index (χ1) is 8.63. The van der Waals surface area contributed by atoms with Crippen molar-refractivity contribution in [3.05, 3.63) is 0 Å². The number of hydrogen-bond acceptors (Lipinski definition) is 4. The van der Waals surface area contributed by atoms with E-state index in [1.165, 1.54) is 7.11 Å². The number of nitrogens with zero attached hydrogens (tertiary/aromatic N) is 1. The minimum Gasteiger partial charge on any atom is -0.469 e. The molecule has 2 aliphatic rings. The molecule has 1 amide bonds. The lowest BCUT2D eigenvalue weighted by molar-refractivity contribution is -0.146. The highest BCUT2D eigenvalue weighted by molar-refractivity contribution is 5.81. The van der Waals surface area contributed by atoms with E-state index in [4.69, 9.17) is 9.47 Å². The molecule has 3 atom stereocenters. The molecule has 0 N–H and O–H groups in total. The van der Waals surface area contributed by atoms with E-state index in [-0.39, 0.29) is 29.6 Å². The Balaban J connectivity index is 1.94. The second kappa shape index (κ2) is 5.69. The van der Waals surface area contributed by atoms with Gasteiger partial charge in [0.15, 0.2) is 0 Å². The third-order valence-electron chi connectivity index (χ3n) is 3.94. The van der Waals surface area contributed by atoms with Gasteiger partial charge in [0.05, 0.1) is 25.6 Å². The molecule has 18 heavy (non-hydrogen) atoms. The van der Waals surface area contributed by atoms with Gasteiger partial charge < -0.3 is 14.4 Å². The Morgan fingerprint density at radius 1 is 1.33 bits per heavy atom. The predicted octanol–water partition coefficient (Wildman–Crippen LogP) is 0.680. The number of hydrogen-bond donors (Lipinski definition) is 0. The maximum Gasteiger partial charge on any atom is 0.310 e. The number of methoxy groups -OCH3 is 1. The molecule has 0 saturated carbocycles. The number of rotatable bonds is 2. The molecule has 0 radical (unpaired) electrons. The number of amides is 1. The lowest BCUT2D eigenvalue weighted by Gasteiger charge is -2.26. The first-order valence-electron chi connectivity index (χ1n) is 6.58. The van der Waals surface area contributed by atoms with Crippen LogP contribution in [0.3, 0.4) is 0 Å². The van der Waals surface area contributed by atoms with Gasteiger partial charge in [-0.05, 0) is 18.8 Å². The van der Waals surface area contributed by atoms with Crippen LogP contribution in [0.1, 0.15) is 19.8 Å². The third-order valence-corrected chi connectivity index (χ3v) is 3.94. The zero-order valence-corrected chi connectivity index (χ0v) is 11.1. The van der Waals surface area contributed by atoms with Crippen molar-refractivity contribution in [3.8, 4) is 0 Å². The molecule has 102 valence electrons. The Morgan fingerprint density at radius 2 is 2.11 bits per heavy atom. The third kappa shape index (κ3) is 2.66. The molecule has 0 aromatic carbocycles. The molecular formula is C13H21NO4. The van der Waals surface area contributed by atoms with Gasteiger partial charge in [0, 0.05) is 19.7 Å². The van der Waals surface area contributed by atoms with Crippen LogP contribution in [0.5, 0.6) is 0 Å². The van der Waals surface area contributed by atoms with Gasteiger partial charge in [-0.3, -0.25) is 9.59 Å². The van der Waals surface area contributed by atoms with Gasteiger partial charge in [0.1, 0.15) is 0 Å². The van der Waals surface area contributed by atoms with E-state index < -0.39 is 0 Å². The molecule has 5 heteroatoms. The molecule has 0 spiro atoms. The summed E-state index contributed by atoms with van der Waals surface area (Å²) < 4.78 is 10.1. The van der Waals surface area contributed by atoms with Gasteiger partial charge in [-0.1, -0.05) is 6.92 Å². The SMILES string of the molecule is COC(=O)C1CN(C(=O)C2CCCOC2)CC1C. The minimum absolute atomic E-state index is 0.0256. The van der Waals surface area contributed by atoms with Gasteiger partial charge in [-0.15, -0.1) is 0 Å². The summed E-state index contributed by atoms with van der Waals surface area (Å²) >= 11 is 0. The van der Waals surface area contributed by atoms with Crippen LogP contribution < -0.4 is 0 Å². The van der Waals surface area contributed by atoms with Gasteiger partial charge in [0.25, 0.3) is 0 Å². The van der Waals surface area contributed by atoms with E-state index in [1.54, 1.807) is 4.90 Å². The molecule has 0 bridgehead atoms. The topological polar surface area (TPSA) is 55.8 Å². The van der Waals surface area contributed by atoms with E-state index in [0.29, 0.717) is 19.7 Å². The van der Waals surface area contributed by atoms with Crippen LogP contribution in [0.15, 0.2) is 0 Å². The highest BCUT2D eigenvalue weighted by Gasteiger charge is 2.39. The summed E-state index contributed by atoms with van der Waals surface area (Å²) in [7, 11) is 1.40. The van der Waals surface area contributed by atoms with Crippen molar-refractivity contribution >= 4 is 11.9 Å². The smallest absolute Gasteiger partial charge is 0.310 e. The van der Waals surface area contributed by atoms with Gasteiger partial charge in [-0.2, -0.15) is 0 Å². The van der Waals surface area contributed by atoms with E-state index in [1.807, 2.05) is 6.92 Å². The van der Waals surface area contributed by atoms with Gasteiger partial charge in [0.2, 0.25) is 5.91 Å². The zero-order chi connectivity index (χ0) is 13.1. The fourth-order valence-electron chi connectivity index (χ4n) is 2.80. The molecule has 2 rings (SSSR count). The van der Waals surface area contributed by atoms with E-state index in [2.05, 4.69) is 0 Å². The minimum atomic E-state index is -0.210. The fourth-order valence-corrected chi connectivity index (χ4v) is 2.80. The molecule has 2 heterocycles. The van der Waals surface area contributed by atoms with E-state index in [0.717, 1.165) is 19.4 Å². The summed E-state index contributed by atoms with van der Waals surface area (Å²) in [5, 5.41) is 0. The van der Waals surface area contributed by atoms with Crippen molar-refractivity contribution in [2.45, 2.75) is 19.8 Å². The standard InChI is InChI=1S/C13H21NO4/c1-9-6-14(7-11(9)13(16)17-2)12(15)10-4-3-5-18-8-10/h9-11H,3-8H2,1-2H3. The normalized spacial score (nSPS) is 32.3. The van der Waals surface area contributed by atoms with Gasteiger partial charge >= 0.3 is 5.97 Å². The molecule has 2 saturated heterocycles. The molecule has 2 aliphatic heterocycles. The summed E-state index contributed by atoms with van der Waals surface area (Å²) in [5.41, 5.74) is 0. The number of ether oxygens (including phenoxy) is 2. The Kier molecular flexibility index (Phi) is 4.22. The van der Waals surface area contributed by atoms with Crippen molar-refractivity contribution in [2.75, 3.05) is 33.4 Å². The van der Waals surface area contributed by atoms with E-state index >= 15 is 0 Å². The van der Waals surface area contributed by atoms with E-state index in [9.17, 15) is 9.59 Å². The summed E-state index contributed by atoms with van der Waals surface area (Å²) in [4.78, 5) is 25.7. The molecule has 0 aliphatic carbocycles. The van der Waals surface area contributed by atoms with Crippen LogP contribution in [-0.4, -0.2) is 50.2 Å². The Morgan fingerprint density at radius 3 is 2.72 bits per heavy atom. The van der Waals surface area contributed by atoms with Gasteiger partial charge in [-0.25, -0.2) is 0 Å². The van der Waals surface area contributed by atoms with Crippen LogP contribution in [0.25, 0.3) is 0 Å². The lowest BCUT2D eigenvalue weighted by Crippen LogP contribution is -2.38. The molecule has 5 nitrogen and oxygen atoms in total. The van der Waals surface area contributed by atoms with Crippen molar-refractivity contribution in [3.63, 3.8) is 0 Å². The average Bonchev–Trinajstić information content (AvgIpc) is 2.80. The lowest BCUT2D eigenvalue weighted by atomic mass is 9.99. The van der Waals surface area contributed by atoms with Crippen LogP contribution in [0.2, 0.25) is 0 Å². The highest BCUT2D eigenvalue weighted by Crippen LogP contribution is 2.27. The Bertz CT molecular complexity index is 325. The van der Waals surface area contributed by atoms with Crippen molar-refractivity contribution in [1.82, 2.24) is 4.90 Å². The summed E-state index contributed by atoms with van der Waals surface area (Å²) in [5.74, 6) is -0.109. The second-order valence-corrected chi connectivity index (χ2v) is 5.26. The second-order valence-electron chi connectivity index (χ2n) is 5.26. The highest BCUT2D eigenvalue weighted by atomic mass is 16.5. The maximum absolute atomic E-state index is 12.3. The molecular weight excluding hydrogens is 234 g/mol. The fraction of sp³-hybridized carbons (Fsp3) is 0.846. The Hall–Kier alpha value is -1.10. The number of carbonyl (C=O) groups excluding carboxylic acids is 2. The van der Waals surface area contributed by atoms with Crippen LogP contribution in [-0.2, 0) is 19.1 Å². The molecule has 3 unspecified atom stereocenters. The first-order valence-corrected chi connectivity index (χ1v) is 6.58. The summed E-state index contributed by atoms with van der Waals surface area (Å²) in [6.45, 7) is 4.40. The number of likely N-dealkylation sites (tertiary alicyclic amines) is 1. The average molecular weight is 255 g/mol. The van der Waals surface area contributed by atoms with Crippen molar-refractivity contribution < 1.29 is 19.1 Å². The Labute approximate surface area is 107 Å². The molecule has 0 aromatic rings. The summed E-state index contributed by atoms with van der Waals surface area (Å²) in [6.07, 6.45) is 1.84. The van der Waals surface area contributed by atoms with Crippen LogP contribution in [0.4, 0.5) is 0 Å². The number of carbonyl (C=O) groups is 2. The zero-order valence-electron chi connectivity index (χ0n) is 11.1. The van der Waals surface area contributed by atoms with Crippen molar-refractivity contribution in [1.29, 1.82) is 0 Å². The van der Waals surface area contributed by atoms with Crippen LogP contribution in [0, 0.1) is 17.8 Å². The largest absolute Gasteiger partial charge is 0.469 e. The first kappa shape index (κ1) is 13.3. The predicted molar refractivity (Wildman–Crippen MR) is 64.8 cm³/mol. The maximum atomic E-state index is 12.3. The number of esters is 1. The quantitative estimate of drug-likeness (QED) is 0.681. The van der Waals surface area contributed by atoms with Crippen molar-refractivity contribution in [2.24, 2.45) is 17.8 Å². The molecule has 2 fully saturated rings. The monoisotopic (exact) mass is 255 g/mol. The summed E-state index contributed by atoms with van der Waals surface area (Å²) in [6, 6.07) is 0. The van der Waals surface area contributed by atoms with Crippen LogP contribution >= 0.6 is 0 Å². The molecule has 0 aromatic heterocycles.